The largest absolute Gasteiger partial charge is 0.494 e. The minimum Gasteiger partial charge on any atom is -0.494 e. The van der Waals surface area contributed by atoms with Gasteiger partial charge in [-0.15, -0.1) is 0 Å². The van der Waals surface area contributed by atoms with Gasteiger partial charge in [0.1, 0.15) is 11.5 Å². The van der Waals surface area contributed by atoms with Gasteiger partial charge in [0.05, 0.1) is 11.0 Å². The van der Waals surface area contributed by atoms with Gasteiger partial charge < -0.3 is 9.47 Å². The van der Waals surface area contributed by atoms with Crippen LogP contribution in [0.2, 0.25) is 0 Å². The van der Waals surface area contributed by atoms with E-state index in [4.69, 9.17) is 9.47 Å². The lowest BCUT2D eigenvalue weighted by Crippen LogP contribution is -2.08. The SMILES string of the molecule is CCOc1ccc(OC(=O)CI)cc1. The summed E-state index contributed by atoms with van der Waals surface area (Å²) >= 11 is 1.96. The van der Waals surface area contributed by atoms with E-state index in [1.54, 1.807) is 24.3 Å². The van der Waals surface area contributed by atoms with Crippen LogP contribution < -0.4 is 9.47 Å². The molecule has 1 rings (SSSR count). The molecule has 4 heteroatoms. The second kappa shape index (κ2) is 5.85. The molecule has 0 radical (unpaired) electrons. The van der Waals surface area contributed by atoms with Crippen LogP contribution in [0.4, 0.5) is 0 Å². The summed E-state index contributed by atoms with van der Waals surface area (Å²) < 4.78 is 10.6. The van der Waals surface area contributed by atoms with Crippen LogP contribution in [-0.2, 0) is 4.79 Å². The highest BCUT2D eigenvalue weighted by molar-refractivity contribution is 14.1. The van der Waals surface area contributed by atoms with Crippen LogP contribution in [-0.4, -0.2) is 17.0 Å². The van der Waals surface area contributed by atoms with Gasteiger partial charge >= 0.3 is 5.97 Å². The zero-order valence-corrected chi connectivity index (χ0v) is 9.98. The summed E-state index contributed by atoms with van der Waals surface area (Å²) in [6, 6.07) is 6.99. The summed E-state index contributed by atoms with van der Waals surface area (Å²) in [5, 5.41) is 0. The van der Waals surface area contributed by atoms with Gasteiger partial charge in [0.25, 0.3) is 0 Å². The molecule has 0 amide bonds. The minimum absolute atomic E-state index is 0.241. The van der Waals surface area contributed by atoms with Crippen LogP contribution >= 0.6 is 22.6 Å². The molecule has 0 spiro atoms. The van der Waals surface area contributed by atoms with Crippen molar-refractivity contribution in [2.24, 2.45) is 0 Å². The second-order valence-corrected chi connectivity index (χ2v) is 3.27. The molecule has 1 aromatic carbocycles. The Kier molecular flexibility index (Phi) is 4.72. The third-order valence-electron chi connectivity index (χ3n) is 1.48. The first kappa shape index (κ1) is 11.3. The van der Waals surface area contributed by atoms with Crippen LogP contribution in [0.1, 0.15) is 6.92 Å². The summed E-state index contributed by atoms with van der Waals surface area (Å²) in [6.07, 6.45) is 0. The minimum atomic E-state index is -0.241. The summed E-state index contributed by atoms with van der Waals surface area (Å²) in [5.41, 5.74) is 0. The third kappa shape index (κ3) is 3.53. The van der Waals surface area contributed by atoms with Crippen molar-refractivity contribution in [3.05, 3.63) is 24.3 Å². The standard InChI is InChI=1S/C10H11IO3/c1-2-13-8-3-5-9(6-4-8)14-10(12)7-11/h3-6H,2,7H2,1H3. The van der Waals surface area contributed by atoms with Gasteiger partial charge in [-0.1, -0.05) is 22.6 Å². The average molecular weight is 306 g/mol. The van der Waals surface area contributed by atoms with Crippen molar-refractivity contribution in [3.63, 3.8) is 0 Å². The fourth-order valence-corrected chi connectivity index (χ4v) is 1.09. The fraction of sp³-hybridized carbons (Fsp3) is 0.300. The first-order valence-electron chi connectivity index (χ1n) is 4.25. The van der Waals surface area contributed by atoms with Gasteiger partial charge in [-0.2, -0.15) is 0 Å². The molecule has 0 heterocycles. The molecule has 0 saturated heterocycles. The highest BCUT2D eigenvalue weighted by Gasteiger charge is 2.01. The highest BCUT2D eigenvalue weighted by atomic mass is 127. The maximum absolute atomic E-state index is 10.9. The number of carbonyl (C=O) groups is 1. The lowest BCUT2D eigenvalue weighted by molar-refractivity contribution is -0.131. The van der Waals surface area contributed by atoms with Crippen molar-refractivity contribution >= 4 is 28.6 Å². The number of hydrogen-bond donors (Lipinski definition) is 0. The van der Waals surface area contributed by atoms with Crippen molar-refractivity contribution in [2.45, 2.75) is 6.92 Å². The van der Waals surface area contributed by atoms with Crippen molar-refractivity contribution in [2.75, 3.05) is 11.0 Å². The smallest absolute Gasteiger partial charge is 0.321 e. The Morgan fingerprint density at radius 1 is 1.29 bits per heavy atom. The van der Waals surface area contributed by atoms with Crippen LogP contribution in [0.15, 0.2) is 24.3 Å². The van der Waals surface area contributed by atoms with Crippen molar-refractivity contribution in [3.8, 4) is 11.5 Å². The maximum Gasteiger partial charge on any atom is 0.321 e. The molecule has 0 atom stereocenters. The molecule has 3 nitrogen and oxygen atoms in total. The number of ether oxygens (including phenoxy) is 2. The maximum atomic E-state index is 10.9. The molecular formula is C10H11IO3. The molecule has 0 fully saturated rings. The zero-order chi connectivity index (χ0) is 10.4. The Bertz CT molecular complexity index is 295. The topological polar surface area (TPSA) is 35.5 Å². The fourth-order valence-electron chi connectivity index (χ4n) is 0.929. The molecule has 76 valence electrons. The highest BCUT2D eigenvalue weighted by Crippen LogP contribution is 2.17. The van der Waals surface area contributed by atoms with Gasteiger partial charge in [-0.05, 0) is 31.2 Å². The van der Waals surface area contributed by atoms with E-state index in [1.807, 2.05) is 29.5 Å². The van der Waals surface area contributed by atoms with Crippen LogP contribution in [0.25, 0.3) is 0 Å². The van der Waals surface area contributed by atoms with Gasteiger partial charge in [0.15, 0.2) is 0 Å². The predicted octanol–water partition coefficient (Wildman–Crippen LogP) is 2.43. The first-order chi connectivity index (χ1) is 6.76. The van der Waals surface area contributed by atoms with E-state index in [0.29, 0.717) is 16.8 Å². The van der Waals surface area contributed by atoms with E-state index in [9.17, 15) is 4.79 Å². The van der Waals surface area contributed by atoms with Gasteiger partial charge in [0.2, 0.25) is 0 Å². The summed E-state index contributed by atoms with van der Waals surface area (Å²) in [5.74, 6) is 1.09. The molecule has 0 aromatic heterocycles. The second-order valence-electron chi connectivity index (χ2n) is 2.51. The van der Waals surface area contributed by atoms with Gasteiger partial charge in [-0.25, -0.2) is 0 Å². The third-order valence-corrected chi connectivity index (χ3v) is 2.10. The number of esters is 1. The molecule has 14 heavy (non-hydrogen) atoms. The molecule has 0 aliphatic rings. The number of rotatable bonds is 4. The molecule has 1 aromatic rings. The predicted molar refractivity (Wildman–Crippen MR) is 62.1 cm³/mol. The first-order valence-corrected chi connectivity index (χ1v) is 5.78. The average Bonchev–Trinajstić information content (AvgIpc) is 2.21. The summed E-state index contributed by atoms with van der Waals surface area (Å²) in [6.45, 7) is 2.55. The number of halogens is 1. The molecule has 0 bridgehead atoms. The van der Waals surface area contributed by atoms with Crippen molar-refractivity contribution < 1.29 is 14.3 Å². The normalized spacial score (nSPS) is 9.57. The van der Waals surface area contributed by atoms with E-state index in [0.717, 1.165) is 5.75 Å². The van der Waals surface area contributed by atoms with Crippen LogP contribution in [0.3, 0.4) is 0 Å². The zero-order valence-electron chi connectivity index (χ0n) is 7.83. The molecular weight excluding hydrogens is 295 g/mol. The number of hydrogen-bond acceptors (Lipinski definition) is 3. The Morgan fingerprint density at radius 3 is 2.36 bits per heavy atom. The quantitative estimate of drug-likeness (QED) is 0.371. The van der Waals surface area contributed by atoms with E-state index >= 15 is 0 Å². The summed E-state index contributed by atoms with van der Waals surface area (Å²) in [7, 11) is 0. The Morgan fingerprint density at radius 2 is 1.86 bits per heavy atom. The van der Waals surface area contributed by atoms with E-state index in [1.165, 1.54) is 0 Å². The lowest BCUT2D eigenvalue weighted by atomic mass is 10.3. The Balaban J connectivity index is 2.59. The van der Waals surface area contributed by atoms with Crippen LogP contribution in [0.5, 0.6) is 11.5 Å². The van der Waals surface area contributed by atoms with Crippen molar-refractivity contribution in [1.82, 2.24) is 0 Å². The Labute approximate surface area is 96.5 Å². The van der Waals surface area contributed by atoms with Gasteiger partial charge in [0, 0.05) is 0 Å². The molecule has 0 unspecified atom stereocenters. The van der Waals surface area contributed by atoms with Crippen molar-refractivity contribution in [1.29, 1.82) is 0 Å². The number of alkyl halides is 1. The molecule has 0 saturated carbocycles. The lowest BCUT2D eigenvalue weighted by Gasteiger charge is -2.04. The Hall–Kier alpha value is -0.780. The van der Waals surface area contributed by atoms with Crippen LogP contribution in [0, 0.1) is 0 Å². The van der Waals surface area contributed by atoms with E-state index < -0.39 is 0 Å². The van der Waals surface area contributed by atoms with E-state index in [2.05, 4.69) is 0 Å². The molecule has 0 aliphatic heterocycles. The summed E-state index contributed by atoms with van der Waals surface area (Å²) in [4.78, 5) is 10.9. The number of benzene rings is 1. The van der Waals surface area contributed by atoms with Gasteiger partial charge in [-0.3, -0.25) is 4.79 Å². The monoisotopic (exact) mass is 306 g/mol. The number of carbonyl (C=O) groups excluding carboxylic acids is 1. The van der Waals surface area contributed by atoms with E-state index in [-0.39, 0.29) is 5.97 Å². The molecule has 0 aliphatic carbocycles. The molecule has 0 N–H and O–H groups in total.